The molecule has 1 aromatic rings. The van der Waals surface area contributed by atoms with Crippen molar-refractivity contribution < 1.29 is 27.9 Å². The molecule has 1 aromatic carbocycles. The minimum Gasteiger partial charge on any atom is -0.454 e. The summed E-state index contributed by atoms with van der Waals surface area (Å²) in [5.41, 5.74) is 4.82. The first kappa shape index (κ1) is 19.7. The standard InChI is InChI=1S/C12H14Cl2N2O6S/c1-6(17)11(12(19)22-5-10(15)18)16-23(20,21)7-2-3-8(13)9(14)4-7/h2-4,6,11,16-17H,5H2,1H3,(H2,15,18)/t6-,11+/m1/s1. The number of esters is 1. The molecule has 0 heterocycles. The second-order valence-corrected chi connectivity index (χ2v) is 7.02. The zero-order chi connectivity index (χ0) is 17.8. The predicted molar refractivity (Wildman–Crippen MR) is 82.4 cm³/mol. The molecule has 0 spiro atoms. The normalized spacial score (nSPS) is 14.1. The average molecular weight is 385 g/mol. The van der Waals surface area contributed by atoms with E-state index >= 15 is 0 Å². The van der Waals surface area contributed by atoms with Crippen LogP contribution in [0, 0.1) is 0 Å². The Bertz CT molecular complexity index is 708. The molecule has 23 heavy (non-hydrogen) atoms. The Hall–Kier alpha value is -1.39. The first-order valence-corrected chi connectivity index (χ1v) is 8.39. The predicted octanol–water partition coefficient (Wildman–Crippen LogP) is 0.0496. The number of amides is 1. The zero-order valence-corrected chi connectivity index (χ0v) is 14.2. The molecule has 0 aliphatic rings. The number of aliphatic hydroxyl groups is 1. The molecule has 11 heteroatoms. The quantitative estimate of drug-likeness (QED) is 0.568. The van der Waals surface area contributed by atoms with E-state index in [9.17, 15) is 23.1 Å². The minimum absolute atomic E-state index is 0.000515. The first-order valence-electron chi connectivity index (χ1n) is 6.15. The summed E-state index contributed by atoms with van der Waals surface area (Å²) in [5, 5.41) is 9.72. The number of nitrogens with two attached hydrogens (primary N) is 1. The molecule has 0 aromatic heterocycles. The summed E-state index contributed by atoms with van der Waals surface area (Å²) in [7, 11) is -4.20. The highest BCUT2D eigenvalue weighted by Gasteiger charge is 2.31. The van der Waals surface area contributed by atoms with Gasteiger partial charge in [-0.25, -0.2) is 8.42 Å². The fourth-order valence-electron chi connectivity index (χ4n) is 1.45. The number of carbonyl (C=O) groups excluding carboxylic acids is 2. The smallest absolute Gasteiger partial charge is 0.327 e. The maximum atomic E-state index is 12.2. The lowest BCUT2D eigenvalue weighted by molar-refractivity contribution is -0.151. The summed E-state index contributed by atoms with van der Waals surface area (Å²) in [6, 6.07) is 1.89. The van der Waals surface area contributed by atoms with Crippen molar-refractivity contribution in [3.05, 3.63) is 28.2 Å². The summed E-state index contributed by atoms with van der Waals surface area (Å²) in [5.74, 6) is -2.07. The van der Waals surface area contributed by atoms with E-state index in [1.165, 1.54) is 19.1 Å². The average Bonchev–Trinajstić information content (AvgIpc) is 2.44. The Morgan fingerprint density at radius 3 is 2.43 bits per heavy atom. The number of ether oxygens (including phenoxy) is 1. The molecular weight excluding hydrogens is 371 g/mol. The molecule has 0 radical (unpaired) electrons. The first-order chi connectivity index (χ1) is 10.5. The lowest BCUT2D eigenvalue weighted by Gasteiger charge is -2.19. The van der Waals surface area contributed by atoms with E-state index in [-0.39, 0.29) is 14.9 Å². The molecule has 0 saturated carbocycles. The molecule has 128 valence electrons. The fraction of sp³-hybridized carbons (Fsp3) is 0.333. The molecule has 4 N–H and O–H groups in total. The van der Waals surface area contributed by atoms with Gasteiger partial charge in [-0.05, 0) is 25.1 Å². The summed E-state index contributed by atoms with van der Waals surface area (Å²) < 4.78 is 30.9. The molecule has 0 unspecified atom stereocenters. The van der Waals surface area contributed by atoms with Crippen LogP contribution in [0.4, 0.5) is 0 Å². The highest BCUT2D eigenvalue weighted by atomic mass is 35.5. The van der Waals surface area contributed by atoms with E-state index < -0.39 is 40.7 Å². The number of benzene rings is 1. The molecule has 2 atom stereocenters. The van der Waals surface area contributed by atoms with E-state index in [4.69, 9.17) is 28.9 Å². The second kappa shape index (κ2) is 7.93. The molecule has 8 nitrogen and oxygen atoms in total. The van der Waals surface area contributed by atoms with Gasteiger partial charge in [0, 0.05) is 0 Å². The SMILES string of the molecule is C[C@@H](O)[C@H](NS(=O)(=O)c1ccc(Cl)c(Cl)c1)C(=O)OCC(N)=O. The van der Waals surface area contributed by atoms with Crippen molar-refractivity contribution in [2.24, 2.45) is 5.73 Å². The highest BCUT2D eigenvalue weighted by molar-refractivity contribution is 7.89. The lowest BCUT2D eigenvalue weighted by Crippen LogP contribution is -2.48. The van der Waals surface area contributed by atoms with E-state index in [2.05, 4.69) is 4.74 Å². The van der Waals surface area contributed by atoms with Gasteiger partial charge in [0.15, 0.2) is 6.61 Å². The van der Waals surface area contributed by atoms with Crippen molar-refractivity contribution >= 4 is 45.1 Å². The Labute approximate surface area is 142 Å². The van der Waals surface area contributed by atoms with E-state index in [0.29, 0.717) is 0 Å². The molecule has 1 amide bonds. The maximum Gasteiger partial charge on any atom is 0.327 e. The molecule has 0 saturated heterocycles. The Kier molecular flexibility index (Phi) is 6.78. The van der Waals surface area contributed by atoms with Gasteiger partial charge in [0.25, 0.3) is 5.91 Å². The number of sulfonamides is 1. The van der Waals surface area contributed by atoms with Crippen LogP contribution in [0.1, 0.15) is 6.92 Å². The van der Waals surface area contributed by atoms with E-state index in [0.717, 1.165) is 6.07 Å². The third-order valence-electron chi connectivity index (χ3n) is 2.58. The van der Waals surface area contributed by atoms with E-state index in [1.807, 2.05) is 4.72 Å². The van der Waals surface area contributed by atoms with Crippen molar-refractivity contribution in [2.45, 2.75) is 24.0 Å². The van der Waals surface area contributed by atoms with Crippen LogP contribution in [0.2, 0.25) is 10.0 Å². The molecule has 0 aliphatic carbocycles. The van der Waals surface area contributed by atoms with Crippen molar-refractivity contribution in [3.63, 3.8) is 0 Å². The summed E-state index contributed by atoms with van der Waals surface area (Å²) >= 11 is 11.5. The van der Waals surface area contributed by atoms with Crippen molar-refractivity contribution in [3.8, 4) is 0 Å². The largest absolute Gasteiger partial charge is 0.454 e. The van der Waals surface area contributed by atoms with Crippen LogP contribution < -0.4 is 10.5 Å². The van der Waals surface area contributed by atoms with Gasteiger partial charge >= 0.3 is 5.97 Å². The fourth-order valence-corrected chi connectivity index (χ4v) is 3.10. The third-order valence-corrected chi connectivity index (χ3v) is 4.75. The van der Waals surface area contributed by atoms with Gasteiger partial charge in [-0.15, -0.1) is 0 Å². The number of aliphatic hydroxyl groups excluding tert-OH is 1. The third kappa shape index (κ3) is 5.63. The van der Waals surface area contributed by atoms with Crippen LogP contribution >= 0.6 is 23.2 Å². The Morgan fingerprint density at radius 1 is 1.35 bits per heavy atom. The molecule has 0 bridgehead atoms. The van der Waals surface area contributed by atoms with Crippen LogP contribution in [-0.4, -0.2) is 44.2 Å². The number of rotatable bonds is 7. The number of hydrogen-bond donors (Lipinski definition) is 3. The van der Waals surface area contributed by atoms with Crippen LogP contribution in [0.5, 0.6) is 0 Å². The molecular formula is C12H14Cl2N2O6S. The molecule has 0 aliphatic heterocycles. The number of nitrogens with one attached hydrogen (secondary N) is 1. The maximum absolute atomic E-state index is 12.2. The van der Waals surface area contributed by atoms with Gasteiger partial charge < -0.3 is 15.6 Å². The minimum atomic E-state index is -4.20. The van der Waals surface area contributed by atoms with Crippen molar-refractivity contribution in [2.75, 3.05) is 6.61 Å². The lowest BCUT2D eigenvalue weighted by atomic mass is 10.2. The summed E-state index contributed by atoms with van der Waals surface area (Å²) in [6.45, 7) is 0.435. The number of hydrogen-bond acceptors (Lipinski definition) is 6. The zero-order valence-electron chi connectivity index (χ0n) is 11.8. The molecule has 0 fully saturated rings. The van der Waals surface area contributed by atoms with Gasteiger partial charge in [0.1, 0.15) is 6.04 Å². The van der Waals surface area contributed by atoms with Crippen molar-refractivity contribution in [1.82, 2.24) is 4.72 Å². The van der Waals surface area contributed by atoms with Gasteiger partial charge in [-0.1, -0.05) is 23.2 Å². The Balaban J connectivity index is 3.00. The summed E-state index contributed by atoms with van der Waals surface area (Å²) in [6.07, 6.45) is -1.42. The monoisotopic (exact) mass is 384 g/mol. The van der Waals surface area contributed by atoms with Crippen LogP contribution in [0.3, 0.4) is 0 Å². The van der Waals surface area contributed by atoms with Crippen LogP contribution in [0.25, 0.3) is 0 Å². The topological polar surface area (TPSA) is 136 Å². The van der Waals surface area contributed by atoms with Crippen LogP contribution in [-0.2, 0) is 24.3 Å². The number of primary amides is 1. The van der Waals surface area contributed by atoms with Crippen LogP contribution in [0.15, 0.2) is 23.1 Å². The second-order valence-electron chi connectivity index (χ2n) is 4.49. The number of halogens is 2. The number of carbonyl (C=O) groups is 2. The van der Waals surface area contributed by atoms with Crippen molar-refractivity contribution in [1.29, 1.82) is 0 Å². The molecule has 1 rings (SSSR count). The summed E-state index contributed by atoms with van der Waals surface area (Å²) in [4.78, 5) is 22.1. The Morgan fingerprint density at radius 2 is 1.96 bits per heavy atom. The van der Waals surface area contributed by atoms with Gasteiger partial charge in [0.2, 0.25) is 10.0 Å². The van der Waals surface area contributed by atoms with Gasteiger partial charge in [-0.3, -0.25) is 9.59 Å². The van der Waals surface area contributed by atoms with Gasteiger partial charge in [-0.2, -0.15) is 4.72 Å². The van der Waals surface area contributed by atoms with Gasteiger partial charge in [0.05, 0.1) is 21.0 Å². The van der Waals surface area contributed by atoms with E-state index in [1.54, 1.807) is 0 Å². The highest BCUT2D eigenvalue weighted by Crippen LogP contribution is 2.25.